The monoisotopic (exact) mass is 141 g/mol. The van der Waals surface area contributed by atoms with Crippen LogP contribution in [0.3, 0.4) is 0 Å². The van der Waals surface area contributed by atoms with Gasteiger partial charge in [0.05, 0.1) is 6.17 Å². The lowest BCUT2D eigenvalue weighted by Gasteiger charge is -2.09. The highest BCUT2D eigenvalue weighted by molar-refractivity contribution is 4.70. The van der Waals surface area contributed by atoms with Crippen LogP contribution in [-0.4, -0.2) is 19.3 Å². The lowest BCUT2D eigenvalue weighted by Crippen LogP contribution is -2.33. The molecule has 0 spiro atoms. The highest BCUT2D eigenvalue weighted by atomic mass is 15.1. The molecule has 0 aromatic heterocycles. The number of rotatable bonds is 4. The molecular weight excluding hydrogens is 124 g/mol. The molecule has 1 aliphatic heterocycles. The van der Waals surface area contributed by atoms with Crippen molar-refractivity contribution >= 4 is 0 Å². The van der Waals surface area contributed by atoms with E-state index in [4.69, 9.17) is 0 Å². The zero-order valence-corrected chi connectivity index (χ0v) is 6.77. The van der Waals surface area contributed by atoms with E-state index in [1.54, 1.807) is 0 Å². The van der Waals surface area contributed by atoms with Crippen molar-refractivity contribution in [3.05, 3.63) is 0 Å². The van der Waals surface area contributed by atoms with Crippen LogP contribution in [0.5, 0.6) is 0 Å². The molecule has 0 aromatic rings. The van der Waals surface area contributed by atoms with Crippen LogP contribution in [0.25, 0.3) is 0 Å². The lowest BCUT2D eigenvalue weighted by atomic mass is 10.3. The largest absolute Gasteiger partial charge is 0.301 e. The maximum absolute atomic E-state index is 4.40. The molecule has 0 amide bonds. The summed E-state index contributed by atoms with van der Waals surface area (Å²) < 4.78 is 0. The van der Waals surface area contributed by atoms with E-state index >= 15 is 0 Å². The lowest BCUT2D eigenvalue weighted by molar-refractivity contribution is 0.469. The Hall–Kier alpha value is -0.0800. The molecule has 1 rings (SSSR count). The fourth-order valence-corrected chi connectivity index (χ4v) is 1.24. The Labute approximate surface area is 63.4 Å². The van der Waals surface area contributed by atoms with Crippen LogP contribution in [0.1, 0.15) is 32.6 Å². The van der Waals surface area contributed by atoms with E-state index in [1.807, 2.05) is 0 Å². The highest BCUT2D eigenvalue weighted by Crippen LogP contribution is 2.03. The van der Waals surface area contributed by atoms with Gasteiger partial charge in [0, 0.05) is 6.54 Å². The Kier molecular flexibility index (Phi) is 3.76. The molecule has 1 heterocycles. The van der Waals surface area contributed by atoms with Crippen LogP contribution in [0.2, 0.25) is 0 Å². The predicted molar refractivity (Wildman–Crippen MR) is 42.9 cm³/mol. The number of nitrogens with one attached hydrogen (secondary N) is 1. The average Bonchev–Trinajstić information content (AvgIpc) is 2.41. The molecule has 0 aromatic carbocycles. The van der Waals surface area contributed by atoms with Crippen molar-refractivity contribution < 1.29 is 0 Å². The first-order valence-electron chi connectivity index (χ1n) is 4.33. The number of hydrogen-bond acceptors (Lipinski definition) is 1. The highest BCUT2D eigenvalue weighted by Gasteiger charge is 2.13. The maximum atomic E-state index is 4.40. The summed E-state index contributed by atoms with van der Waals surface area (Å²) >= 11 is 0. The second kappa shape index (κ2) is 4.69. The van der Waals surface area contributed by atoms with Crippen LogP contribution in [0.15, 0.2) is 0 Å². The molecule has 1 fully saturated rings. The fourth-order valence-electron chi connectivity index (χ4n) is 1.24. The van der Waals surface area contributed by atoms with Gasteiger partial charge in [0.1, 0.15) is 0 Å². The Morgan fingerprint density at radius 3 is 3.10 bits per heavy atom. The number of unbranched alkanes of at least 4 members (excludes halogenated alkanes) is 1. The van der Waals surface area contributed by atoms with Crippen LogP contribution in [-0.2, 0) is 0 Å². The maximum Gasteiger partial charge on any atom is 0.0736 e. The third kappa shape index (κ3) is 2.67. The Morgan fingerprint density at radius 1 is 1.60 bits per heavy atom. The molecule has 0 bridgehead atoms. The van der Waals surface area contributed by atoms with Gasteiger partial charge in [-0.1, -0.05) is 13.3 Å². The molecule has 2 nitrogen and oxygen atoms in total. The summed E-state index contributed by atoms with van der Waals surface area (Å²) in [6.07, 6.45) is 5.59. The van der Waals surface area contributed by atoms with E-state index in [9.17, 15) is 0 Å². The summed E-state index contributed by atoms with van der Waals surface area (Å²) in [6.45, 7) is 4.43. The van der Waals surface area contributed by atoms with Crippen LogP contribution >= 0.6 is 0 Å². The molecule has 1 N–H and O–H groups in total. The van der Waals surface area contributed by atoms with Crippen molar-refractivity contribution in [1.82, 2.24) is 10.6 Å². The smallest absolute Gasteiger partial charge is 0.0736 e. The van der Waals surface area contributed by atoms with Gasteiger partial charge in [-0.15, -0.1) is 0 Å². The van der Waals surface area contributed by atoms with Gasteiger partial charge in [0.2, 0.25) is 0 Å². The Morgan fingerprint density at radius 2 is 2.50 bits per heavy atom. The molecule has 1 aliphatic rings. The normalized spacial score (nSPS) is 25.5. The first-order chi connectivity index (χ1) is 4.93. The SMILES string of the molecule is CCCCNC1CCC[N]1. The van der Waals surface area contributed by atoms with Gasteiger partial charge in [0.25, 0.3) is 0 Å². The van der Waals surface area contributed by atoms with E-state index in [0.717, 1.165) is 13.1 Å². The molecule has 2 heteroatoms. The van der Waals surface area contributed by atoms with Gasteiger partial charge in [-0.25, -0.2) is 5.32 Å². The van der Waals surface area contributed by atoms with Gasteiger partial charge >= 0.3 is 0 Å². The minimum atomic E-state index is 0.492. The Bertz CT molecular complexity index is 77.3. The zero-order chi connectivity index (χ0) is 7.23. The predicted octanol–water partition coefficient (Wildman–Crippen LogP) is 1.10. The van der Waals surface area contributed by atoms with E-state index in [-0.39, 0.29) is 0 Å². The second-order valence-electron chi connectivity index (χ2n) is 2.87. The van der Waals surface area contributed by atoms with Crippen molar-refractivity contribution in [3.8, 4) is 0 Å². The molecule has 1 unspecified atom stereocenters. The first-order valence-corrected chi connectivity index (χ1v) is 4.33. The number of hydrogen-bond donors (Lipinski definition) is 1. The molecule has 1 radical (unpaired) electrons. The third-order valence-corrected chi connectivity index (χ3v) is 1.90. The van der Waals surface area contributed by atoms with Crippen molar-refractivity contribution in [1.29, 1.82) is 0 Å². The average molecular weight is 141 g/mol. The number of nitrogens with zero attached hydrogens (tertiary/aromatic N) is 1. The first kappa shape index (κ1) is 8.02. The summed E-state index contributed by atoms with van der Waals surface area (Å²) in [5, 5.41) is 7.81. The molecular formula is C8H17N2. The minimum absolute atomic E-state index is 0.492. The molecule has 1 atom stereocenters. The quantitative estimate of drug-likeness (QED) is 0.583. The van der Waals surface area contributed by atoms with Crippen molar-refractivity contribution in [2.24, 2.45) is 0 Å². The molecule has 10 heavy (non-hydrogen) atoms. The van der Waals surface area contributed by atoms with E-state index in [2.05, 4.69) is 17.6 Å². The topological polar surface area (TPSA) is 26.1 Å². The van der Waals surface area contributed by atoms with Crippen molar-refractivity contribution in [2.75, 3.05) is 13.1 Å². The van der Waals surface area contributed by atoms with Gasteiger partial charge in [-0.3, -0.25) is 0 Å². The van der Waals surface area contributed by atoms with Crippen molar-refractivity contribution in [3.63, 3.8) is 0 Å². The third-order valence-electron chi connectivity index (χ3n) is 1.90. The summed E-state index contributed by atoms with van der Waals surface area (Å²) in [6, 6.07) is 0. The Balaban J connectivity index is 1.91. The van der Waals surface area contributed by atoms with Gasteiger partial charge in [-0.05, 0) is 25.8 Å². The summed E-state index contributed by atoms with van der Waals surface area (Å²) in [5.74, 6) is 0. The van der Waals surface area contributed by atoms with Crippen LogP contribution in [0, 0.1) is 0 Å². The standard InChI is InChI=1S/C8H17N2/c1-2-3-6-9-8-5-4-7-10-8/h8-9H,2-7H2,1H3. The molecule has 59 valence electrons. The molecule has 1 saturated heterocycles. The molecule has 0 aliphatic carbocycles. The second-order valence-corrected chi connectivity index (χ2v) is 2.87. The van der Waals surface area contributed by atoms with Crippen LogP contribution < -0.4 is 10.6 Å². The van der Waals surface area contributed by atoms with E-state index in [1.165, 1.54) is 25.7 Å². The van der Waals surface area contributed by atoms with Crippen molar-refractivity contribution in [2.45, 2.75) is 38.8 Å². The van der Waals surface area contributed by atoms with Crippen LogP contribution in [0.4, 0.5) is 0 Å². The fraction of sp³-hybridized carbons (Fsp3) is 1.00. The van der Waals surface area contributed by atoms with Gasteiger partial charge < -0.3 is 5.32 Å². The van der Waals surface area contributed by atoms with Gasteiger partial charge in [-0.2, -0.15) is 0 Å². The van der Waals surface area contributed by atoms with E-state index < -0.39 is 0 Å². The van der Waals surface area contributed by atoms with E-state index in [0.29, 0.717) is 6.17 Å². The molecule has 0 saturated carbocycles. The van der Waals surface area contributed by atoms with Gasteiger partial charge in [0.15, 0.2) is 0 Å². The zero-order valence-electron chi connectivity index (χ0n) is 6.77. The summed E-state index contributed by atoms with van der Waals surface area (Å²) in [5.41, 5.74) is 0. The summed E-state index contributed by atoms with van der Waals surface area (Å²) in [7, 11) is 0. The summed E-state index contributed by atoms with van der Waals surface area (Å²) in [4.78, 5) is 0. The minimum Gasteiger partial charge on any atom is -0.301 e.